The summed E-state index contributed by atoms with van der Waals surface area (Å²) in [6.07, 6.45) is 2.83. The van der Waals surface area contributed by atoms with E-state index in [0.29, 0.717) is 11.0 Å². The van der Waals surface area contributed by atoms with Crippen LogP contribution in [-0.2, 0) is 13.6 Å². The van der Waals surface area contributed by atoms with Gasteiger partial charge in [-0.2, -0.15) is 0 Å². The number of aromatic nitrogens is 4. The van der Waals surface area contributed by atoms with Crippen LogP contribution in [0.25, 0.3) is 0 Å². The Morgan fingerprint density at radius 2 is 2.00 bits per heavy atom. The molecule has 0 fully saturated rings. The maximum atomic E-state index is 11.7. The second-order valence-electron chi connectivity index (χ2n) is 3.34. The van der Waals surface area contributed by atoms with Gasteiger partial charge in [0.05, 0.1) is 19.1 Å². The van der Waals surface area contributed by atoms with Crippen LogP contribution in [0.15, 0.2) is 17.3 Å². The number of rotatable bonds is 2. The first-order valence-electron chi connectivity index (χ1n) is 4.57. The Kier molecular flexibility index (Phi) is 3.42. The van der Waals surface area contributed by atoms with E-state index in [9.17, 15) is 4.79 Å². The molecule has 0 aliphatic heterocycles. The predicted molar refractivity (Wildman–Crippen MR) is 65.8 cm³/mol. The van der Waals surface area contributed by atoms with E-state index in [1.54, 1.807) is 11.6 Å². The van der Waals surface area contributed by atoms with Crippen LogP contribution in [0.5, 0.6) is 0 Å². The fourth-order valence-corrected chi connectivity index (χ4v) is 1.71. The smallest absolute Gasteiger partial charge is 0.274 e. The molecule has 2 heterocycles. The van der Waals surface area contributed by atoms with E-state index in [0.717, 1.165) is 0 Å². The minimum atomic E-state index is -0.411. The molecule has 5 nitrogen and oxygen atoms in total. The largest absolute Gasteiger partial charge is 0.321 e. The van der Waals surface area contributed by atoms with Crippen LogP contribution in [-0.4, -0.2) is 19.1 Å². The third kappa shape index (κ3) is 2.31. The second kappa shape index (κ2) is 4.68. The molecule has 0 bridgehead atoms. The SMILES string of the molecule is Cn1c(Cl)cnc1Cn1cnc(Cl)c(Cl)c1=O. The topological polar surface area (TPSA) is 52.7 Å². The normalized spacial score (nSPS) is 10.8. The first-order chi connectivity index (χ1) is 8.00. The molecule has 0 atom stereocenters. The van der Waals surface area contributed by atoms with Gasteiger partial charge in [0, 0.05) is 7.05 Å². The zero-order chi connectivity index (χ0) is 12.6. The molecule has 0 aromatic carbocycles. The van der Waals surface area contributed by atoms with E-state index >= 15 is 0 Å². The van der Waals surface area contributed by atoms with Gasteiger partial charge in [-0.15, -0.1) is 0 Å². The van der Waals surface area contributed by atoms with Crippen molar-refractivity contribution >= 4 is 34.8 Å². The summed E-state index contributed by atoms with van der Waals surface area (Å²) in [7, 11) is 1.75. The zero-order valence-electron chi connectivity index (χ0n) is 8.69. The molecule has 0 amide bonds. The van der Waals surface area contributed by atoms with Crippen LogP contribution in [0, 0.1) is 0 Å². The summed E-state index contributed by atoms with van der Waals surface area (Å²) >= 11 is 17.2. The molecule has 0 unspecified atom stereocenters. The molecule has 0 N–H and O–H groups in total. The lowest BCUT2D eigenvalue weighted by molar-refractivity contribution is 0.667. The number of halogens is 3. The van der Waals surface area contributed by atoms with Crippen molar-refractivity contribution in [2.75, 3.05) is 0 Å². The monoisotopic (exact) mass is 292 g/mol. The van der Waals surface area contributed by atoms with Crippen molar-refractivity contribution < 1.29 is 0 Å². The molecule has 17 heavy (non-hydrogen) atoms. The number of hydrogen-bond donors (Lipinski definition) is 0. The third-order valence-electron chi connectivity index (χ3n) is 2.28. The number of nitrogens with zero attached hydrogens (tertiary/aromatic N) is 4. The minimum absolute atomic E-state index is 0.00853. The Hall–Kier alpha value is -1.04. The molecule has 90 valence electrons. The molecule has 2 aromatic heterocycles. The molecule has 0 aliphatic rings. The Bertz CT molecular complexity index is 619. The molecule has 0 radical (unpaired) electrons. The highest BCUT2D eigenvalue weighted by molar-refractivity contribution is 6.40. The summed E-state index contributed by atoms with van der Waals surface area (Å²) < 4.78 is 2.98. The van der Waals surface area contributed by atoms with Gasteiger partial charge in [-0.25, -0.2) is 9.97 Å². The van der Waals surface area contributed by atoms with Gasteiger partial charge in [0.1, 0.15) is 16.0 Å². The van der Waals surface area contributed by atoms with Crippen LogP contribution in [0.1, 0.15) is 5.82 Å². The summed E-state index contributed by atoms with van der Waals surface area (Å²) in [4.78, 5) is 19.6. The van der Waals surface area contributed by atoms with Crippen LogP contribution >= 0.6 is 34.8 Å². The highest BCUT2D eigenvalue weighted by Crippen LogP contribution is 2.14. The summed E-state index contributed by atoms with van der Waals surface area (Å²) in [6.45, 7) is 0.228. The zero-order valence-corrected chi connectivity index (χ0v) is 11.0. The van der Waals surface area contributed by atoms with Gasteiger partial charge in [-0.3, -0.25) is 9.36 Å². The fraction of sp³-hybridized carbons (Fsp3) is 0.222. The van der Waals surface area contributed by atoms with Gasteiger partial charge in [0.25, 0.3) is 5.56 Å². The maximum Gasteiger partial charge on any atom is 0.274 e. The first kappa shape index (κ1) is 12.4. The van der Waals surface area contributed by atoms with E-state index in [1.165, 1.54) is 17.1 Å². The predicted octanol–water partition coefficient (Wildman–Crippen LogP) is 1.99. The van der Waals surface area contributed by atoms with Crippen molar-refractivity contribution in [2.45, 2.75) is 6.54 Å². The van der Waals surface area contributed by atoms with Gasteiger partial charge in [-0.1, -0.05) is 34.8 Å². The Morgan fingerprint density at radius 1 is 1.29 bits per heavy atom. The van der Waals surface area contributed by atoms with Crippen molar-refractivity contribution in [1.82, 2.24) is 19.1 Å². The molecule has 2 rings (SSSR count). The van der Waals surface area contributed by atoms with Crippen LogP contribution in [0.4, 0.5) is 0 Å². The van der Waals surface area contributed by atoms with Gasteiger partial charge in [0.15, 0.2) is 5.15 Å². The Labute approximate surface area is 112 Å². The van der Waals surface area contributed by atoms with Crippen LogP contribution in [0.3, 0.4) is 0 Å². The van der Waals surface area contributed by atoms with Gasteiger partial charge in [-0.05, 0) is 0 Å². The van der Waals surface area contributed by atoms with Crippen molar-refractivity contribution in [3.8, 4) is 0 Å². The first-order valence-corrected chi connectivity index (χ1v) is 5.70. The van der Waals surface area contributed by atoms with Crippen molar-refractivity contribution in [1.29, 1.82) is 0 Å². The lowest BCUT2D eigenvalue weighted by Gasteiger charge is -2.06. The molecular formula is C9H7Cl3N4O. The summed E-state index contributed by atoms with van der Waals surface area (Å²) in [6, 6.07) is 0. The minimum Gasteiger partial charge on any atom is -0.321 e. The standard InChI is InChI=1S/C9H7Cl3N4O/c1-15-5(10)2-13-6(15)3-16-4-14-8(12)7(11)9(16)17/h2,4H,3H2,1H3. The Balaban J connectivity index is 2.41. The van der Waals surface area contributed by atoms with Crippen molar-refractivity contribution in [3.63, 3.8) is 0 Å². The van der Waals surface area contributed by atoms with E-state index < -0.39 is 5.56 Å². The molecule has 0 spiro atoms. The van der Waals surface area contributed by atoms with Crippen molar-refractivity contribution in [2.24, 2.45) is 7.05 Å². The molecule has 8 heteroatoms. The number of hydrogen-bond acceptors (Lipinski definition) is 3. The Morgan fingerprint density at radius 3 is 2.59 bits per heavy atom. The van der Waals surface area contributed by atoms with E-state index in [4.69, 9.17) is 34.8 Å². The van der Waals surface area contributed by atoms with Gasteiger partial charge in [0.2, 0.25) is 0 Å². The quantitative estimate of drug-likeness (QED) is 0.796. The lowest BCUT2D eigenvalue weighted by atomic mass is 10.5. The highest BCUT2D eigenvalue weighted by Gasteiger charge is 2.10. The molecule has 0 aliphatic carbocycles. The second-order valence-corrected chi connectivity index (χ2v) is 4.46. The molecule has 2 aromatic rings. The van der Waals surface area contributed by atoms with Crippen LogP contribution in [0.2, 0.25) is 15.3 Å². The summed E-state index contributed by atoms with van der Waals surface area (Å²) in [5.41, 5.74) is -0.411. The number of imidazole rings is 1. The average molecular weight is 294 g/mol. The fourth-order valence-electron chi connectivity index (χ4n) is 1.28. The maximum absolute atomic E-state index is 11.7. The molecular weight excluding hydrogens is 286 g/mol. The lowest BCUT2D eigenvalue weighted by Crippen LogP contribution is -2.23. The van der Waals surface area contributed by atoms with Gasteiger partial charge >= 0.3 is 0 Å². The summed E-state index contributed by atoms with van der Waals surface area (Å²) in [5, 5.41) is 0.376. The van der Waals surface area contributed by atoms with Gasteiger partial charge < -0.3 is 4.57 Å². The van der Waals surface area contributed by atoms with E-state index in [-0.39, 0.29) is 16.7 Å². The highest BCUT2D eigenvalue weighted by atomic mass is 35.5. The van der Waals surface area contributed by atoms with E-state index in [1.807, 2.05) is 0 Å². The van der Waals surface area contributed by atoms with E-state index in [2.05, 4.69) is 9.97 Å². The molecule has 0 saturated heterocycles. The summed E-state index contributed by atoms with van der Waals surface area (Å²) in [5.74, 6) is 0.622. The average Bonchev–Trinajstić information content (AvgIpc) is 2.62. The van der Waals surface area contributed by atoms with Crippen molar-refractivity contribution in [3.05, 3.63) is 44.0 Å². The molecule has 0 saturated carbocycles. The van der Waals surface area contributed by atoms with Crippen LogP contribution < -0.4 is 5.56 Å². The third-order valence-corrected chi connectivity index (χ3v) is 3.35.